The second kappa shape index (κ2) is 6.70. The van der Waals surface area contributed by atoms with E-state index in [4.69, 9.17) is 28.9 Å². The minimum Gasteiger partial charge on any atom is -0.393 e. The van der Waals surface area contributed by atoms with Crippen molar-refractivity contribution >= 4 is 29.2 Å². The van der Waals surface area contributed by atoms with Crippen LogP contribution in [0.15, 0.2) is 23.2 Å². The van der Waals surface area contributed by atoms with Crippen LogP contribution in [0.5, 0.6) is 0 Å². The molecule has 160 valence electrons. The highest BCUT2D eigenvalue weighted by Crippen LogP contribution is 2.63. The number of nitrogens with zero attached hydrogens (tertiary/aromatic N) is 3. The zero-order valence-electron chi connectivity index (χ0n) is 17.9. The fraction of sp³-hybridized carbons (Fsp3) is 0.609. The third-order valence-corrected chi connectivity index (χ3v) is 7.27. The van der Waals surface area contributed by atoms with E-state index in [2.05, 4.69) is 4.85 Å². The summed E-state index contributed by atoms with van der Waals surface area (Å²) in [5.74, 6) is 0.0806. The van der Waals surface area contributed by atoms with Gasteiger partial charge in [-0.1, -0.05) is 32.0 Å². The maximum absolute atomic E-state index is 14.1. The molecule has 2 unspecified atom stereocenters. The van der Waals surface area contributed by atoms with E-state index in [1.807, 2.05) is 39.8 Å². The number of hydrogen-bond donors (Lipinski definition) is 2. The molecule has 5 atom stereocenters. The summed E-state index contributed by atoms with van der Waals surface area (Å²) in [6, 6.07) is 5.56. The van der Waals surface area contributed by atoms with Gasteiger partial charge in [0.1, 0.15) is 0 Å². The standard InChI is InChI=1S/C23H29ClN4O2/c1-13-9-22(10-14(2)18(13)29)11-15-6-7-16(26-5)8-17(15)23(22)19(30)28(20(25)27-23)12-21(3,4)24/h6-8,13-14,18,29H,9-12H2,1-4H3,(H2,25,27)/t13-,14+,18?,22?,23-/m1/s1. The van der Waals surface area contributed by atoms with Crippen LogP contribution in [0.1, 0.15) is 51.7 Å². The molecule has 2 spiro atoms. The van der Waals surface area contributed by atoms with E-state index in [1.165, 1.54) is 4.90 Å². The zero-order chi connectivity index (χ0) is 22.1. The van der Waals surface area contributed by atoms with Gasteiger partial charge in [-0.25, -0.2) is 9.84 Å². The molecule has 1 aromatic carbocycles. The van der Waals surface area contributed by atoms with Crippen LogP contribution in [-0.2, 0) is 16.8 Å². The molecular formula is C23H29ClN4O2. The van der Waals surface area contributed by atoms with E-state index < -0.39 is 21.9 Å². The Kier molecular flexibility index (Phi) is 4.72. The van der Waals surface area contributed by atoms with E-state index in [9.17, 15) is 9.90 Å². The SMILES string of the molecule is [C-]#[N+]c1ccc2c(c1)[C@]1(N=C(N)N(CC(C)(C)Cl)C1=O)C1(C2)C[C@@H](C)C(O)[C@@H](C)C1. The molecule has 3 aliphatic rings. The monoisotopic (exact) mass is 428 g/mol. The van der Waals surface area contributed by atoms with E-state index in [1.54, 1.807) is 6.07 Å². The first-order chi connectivity index (χ1) is 13.9. The number of rotatable bonds is 2. The van der Waals surface area contributed by atoms with Gasteiger partial charge in [0.25, 0.3) is 5.91 Å². The van der Waals surface area contributed by atoms with Crippen molar-refractivity contribution in [2.45, 2.75) is 63.5 Å². The molecule has 1 aromatic rings. The number of nitrogens with two attached hydrogens (primary N) is 1. The molecule has 1 aliphatic heterocycles. The number of carbonyl (C=O) groups is 1. The van der Waals surface area contributed by atoms with Gasteiger partial charge >= 0.3 is 0 Å². The molecule has 0 radical (unpaired) electrons. The number of fused-ring (bicyclic) bond motifs is 3. The van der Waals surface area contributed by atoms with Crippen molar-refractivity contribution in [3.63, 3.8) is 0 Å². The minimum absolute atomic E-state index is 0.0306. The summed E-state index contributed by atoms with van der Waals surface area (Å²) in [7, 11) is 0. The van der Waals surface area contributed by atoms with Crippen LogP contribution in [0.3, 0.4) is 0 Å². The predicted molar refractivity (Wildman–Crippen MR) is 117 cm³/mol. The Morgan fingerprint density at radius 2 is 2.00 bits per heavy atom. The lowest BCUT2D eigenvalue weighted by atomic mass is 9.56. The fourth-order valence-corrected chi connectivity index (χ4v) is 6.21. The number of halogens is 1. The summed E-state index contributed by atoms with van der Waals surface area (Å²) in [4.78, 5) is 23.4. The van der Waals surface area contributed by atoms with Gasteiger partial charge in [0.05, 0.1) is 17.6 Å². The van der Waals surface area contributed by atoms with E-state index in [-0.39, 0.29) is 30.2 Å². The van der Waals surface area contributed by atoms with Gasteiger partial charge in [-0.05, 0) is 56.1 Å². The molecule has 4 rings (SSSR count). The van der Waals surface area contributed by atoms with Gasteiger partial charge in [0.2, 0.25) is 0 Å². The first-order valence-corrected chi connectivity index (χ1v) is 10.9. The lowest BCUT2D eigenvalue weighted by molar-refractivity contribution is -0.141. The van der Waals surface area contributed by atoms with Crippen molar-refractivity contribution in [2.24, 2.45) is 28.0 Å². The zero-order valence-corrected chi connectivity index (χ0v) is 18.7. The molecule has 0 saturated heterocycles. The summed E-state index contributed by atoms with van der Waals surface area (Å²) in [5, 5.41) is 10.6. The number of alkyl halides is 1. The van der Waals surface area contributed by atoms with Gasteiger partial charge in [-0.3, -0.25) is 9.69 Å². The number of amides is 1. The summed E-state index contributed by atoms with van der Waals surface area (Å²) in [6.45, 7) is 15.5. The van der Waals surface area contributed by atoms with E-state index in [0.717, 1.165) is 11.1 Å². The Bertz CT molecular complexity index is 964. The number of benzene rings is 1. The Labute approximate surface area is 182 Å². The van der Waals surface area contributed by atoms with E-state index in [0.29, 0.717) is 24.9 Å². The van der Waals surface area contributed by atoms with Crippen LogP contribution in [0.4, 0.5) is 5.69 Å². The van der Waals surface area contributed by atoms with Gasteiger partial charge < -0.3 is 10.8 Å². The summed E-state index contributed by atoms with van der Waals surface area (Å²) < 4.78 is 0. The molecule has 2 aliphatic carbocycles. The molecule has 1 heterocycles. The highest BCUT2D eigenvalue weighted by atomic mass is 35.5. The molecule has 1 saturated carbocycles. The lowest BCUT2D eigenvalue weighted by Crippen LogP contribution is -2.56. The van der Waals surface area contributed by atoms with Crippen LogP contribution < -0.4 is 5.73 Å². The topological polar surface area (TPSA) is 83.3 Å². The van der Waals surface area contributed by atoms with Gasteiger partial charge in [-0.2, -0.15) is 0 Å². The molecule has 6 nitrogen and oxygen atoms in total. The van der Waals surface area contributed by atoms with Gasteiger partial charge in [-0.15, -0.1) is 11.6 Å². The predicted octanol–water partition coefficient (Wildman–Crippen LogP) is 3.58. The van der Waals surface area contributed by atoms with Crippen molar-refractivity contribution in [1.29, 1.82) is 0 Å². The average Bonchev–Trinajstić information content (AvgIpc) is 3.05. The van der Waals surface area contributed by atoms with Crippen molar-refractivity contribution in [3.05, 3.63) is 40.7 Å². The molecular weight excluding hydrogens is 400 g/mol. The van der Waals surface area contributed by atoms with Crippen LogP contribution in [0.2, 0.25) is 0 Å². The van der Waals surface area contributed by atoms with E-state index >= 15 is 0 Å². The third kappa shape index (κ3) is 2.86. The summed E-state index contributed by atoms with van der Waals surface area (Å²) >= 11 is 6.45. The number of aliphatic imine (C=N–C) groups is 1. The number of aliphatic hydroxyl groups excluding tert-OH is 1. The van der Waals surface area contributed by atoms with Crippen LogP contribution >= 0.6 is 11.6 Å². The lowest BCUT2D eigenvalue weighted by Gasteiger charge is -2.49. The molecule has 1 amide bonds. The maximum atomic E-state index is 14.1. The van der Waals surface area contributed by atoms with Crippen molar-refractivity contribution in [1.82, 2.24) is 4.90 Å². The normalized spacial score (nSPS) is 35.6. The minimum atomic E-state index is -1.17. The Morgan fingerprint density at radius 3 is 2.57 bits per heavy atom. The quantitative estimate of drug-likeness (QED) is 0.557. The second-order valence-corrected chi connectivity index (χ2v) is 11.1. The highest BCUT2D eigenvalue weighted by molar-refractivity contribution is 6.24. The fourth-order valence-electron chi connectivity index (χ4n) is 6.09. The molecule has 30 heavy (non-hydrogen) atoms. The van der Waals surface area contributed by atoms with Crippen LogP contribution in [-0.4, -0.2) is 39.4 Å². The Balaban J connectivity index is 1.92. The first-order valence-electron chi connectivity index (χ1n) is 10.5. The van der Waals surface area contributed by atoms with Gasteiger partial charge in [0, 0.05) is 12.0 Å². The molecule has 0 aromatic heterocycles. The largest absolute Gasteiger partial charge is 0.393 e. The third-order valence-electron chi connectivity index (χ3n) is 7.15. The number of aliphatic hydroxyl groups is 1. The first kappa shape index (κ1) is 21.1. The number of guanidine groups is 1. The maximum Gasteiger partial charge on any atom is 0.262 e. The summed E-state index contributed by atoms with van der Waals surface area (Å²) in [6.07, 6.45) is 1.61. The average molecular weight is 429 g/mol. The summed E-state index contributed by atoms with van der Waals surface area (Å²) in [5.41, 5.74) is 6.99. The molecule has 0 bridgehead atoms. The second-order valence-electron chi connectivity index (χ2n) is 10.1. The smallest absolute Gasteiger partial charge is 0.262 e. The molecule has 7 heteroatoms. The Morgan fingerprint density at radius 1 is 1.37 bits per heavy atom. The number of hydrogen-bond acceptors (Lipinski definition) is 4. The molecule has 1 fully saturated rings. The van der Waals surface area contributed by atoms with Crippen LogP contribution in [0, 0.1) is 23.8 Å². The molecule has 3 N–H and O–H groups in total. The number of carbonyl (C=O) groups excluding carboxylic acids is 1. The van der Waals surface area contributed by atoms with Crippen molar-refractivity contribution in [3.8, 4) is 0 Å². The van der Waals surface area contributed by atoms with Gasteiger partial charge in [0.15, 0.2) is 17.2 Å². The van der Waals surface area contributed by atoms with Crippen molar-refractivity contribution in [2.75, 3.05) is 6.54 Å². The highest BCUT2D eigenvalue weighted by Gasteiger charge is 2.68. The van der Waals surface area contributed by atoms with Crippen molar-refractivity contribution < 1.29 is 9.90 Å². The Hall–Kier alpha value is -2.10. The van der Waals surface area contributed by atoms with Crippen LogP contribution in [0.25, 0.3) is 4.85 Å².